The number of carbonyl (C=O) groups excluding carboxylic acids is 1. The number of hydrogen-bond acceptors (Lipinski definition) is 7. The average Bonchev–Trinajstić information content (AvgIpc) is 3.07. The molecule has 1 aliphatic heterocycles. The minimum atomic E-state index is -0.215. The van der Waals surface area contributed by atoms with Gasteiger partial charge in [0.1, 0.15) is 5.37 Å². The third-order valence-electron chi connectivity index (χ3n) is 4.65. The maximum absolute atomic E-state index is 12.5. The van der Waals surface area contributed by atoms with Gasteiger partial charge in [-0.2, -0.15) is 0 Å². The lowest BCUT2D eigenvalue weighted by Gasteiger charge is -2.26. The van der Waals surface area contributed by atoms with Gasteiger partial charge in [0.15, 0.2) is 23.0 Å². The Bertz CT molecular complexity index is 872. The molecule has 0 radical (unpaired) electrons. The Morgan fingerprint density at radius 3 is 2.43 bits per heavy atom. The summed E-state index contributed by atoms with van der Waals surface area (Å²) in [6.45, 7) is 0.470. The third-order valence-corrected chi connectivity index (χ3v) is 5.89. The van der Waals surface area contributed by atoms with Gasteiger partial charge in [0.25, 0.3) is 0 Å². The van der Waals surface area contributed by atoms with E-state index >= 15 is 0 Å². The van der Waals surface area contributed by atoms with Crippen molar-refractivity contribution >= 4 is 17.7 Å². The van der Waals surface area contributed by atoms with Gasteiger partial charge < -0.3 is 29.3 Å². The van der Waals surface area contributed by atoms with E-state index in [-0.39, 0.29) is 22.8 Å². The molecule has 3 rings (SSSR count). The van der Waals surface area contributed by atoms with Crippen molar-refractivity contribution < 1.29 is 29.2 Å². The van der Waals surface area contributed by atoms with Gasteiger partial charge in [-0.3, -0.25) is 4.79 Å². The van der Waals surface area contributed by atoms with Gasteiger partial charge in [0, 0.05) is 12.1 Å². The van der Waals surface area contributed by atoms with Crippen LogP contribution in [0.1, 0.15) is 16.5 Å². The van der Waals surface area contributed by atoms with Crippen LogP contribution in [-0.2, 0) is 11.2 Å². The van der Waals surface area contributed by atoms with Crippen molar-refractivity contribution in [2.45, 2.75) is 11.8 Å². The van der Waals surface area contributed by atoms with Crippen molar-refractivity contribution in [3.63, 3.8) is 0 Å². The molecule has 1 unspecified atom stereocenters. The normalized spacial score (nSPS) is 16.3. The van der Waals surface area contributed by atoms with E-state index in [1.165, 1.54) is 23.9 Å². The van der Waals surface area contributed by atoms with Crippen molar-refractivity contribution in [2.75, 3.05) is 33.6 Å². The van der Waals surface area contributed by atoms with E-state index in [1.807, 2.05) is 6.07 Å². The number of amides is 1. The number of nitrogens with zero attached hydrogens (tertiary/aromatic N) is 1. The van der Waals surface area contributed by atoms with Crippen LogP contribution >= 0.6 is 11.8 Å². The molecular weight excluding hydrogens is 382 g/mol. The van der Waals surface area contributed by atoms with Gasteiger partial charge in [-0.05, 0) is 36.2 Å². The first-order chi connectivity index (χ1) is 13.5. The predicted molar refractivity (Wildman–Crippen MR) is 106 cm³/mol. The highest BCUT2D eigenvalue weighted by Crippen LogP contribution is 2.48. The molecule has 7 nitrogen and oxygen atoms in total. The fourth-order valence-electron chi connectivity index (χ4n) is 3.25. The summed E-state index contributed by atoms with van der Waals surface area (Å²) in [7, 11) is 4.67. The Hall–Kier alpha value is -2.74. The molecule has 0 aliphatic carbocycles. The Balaban J connectivity index is 1.86. The molecule has 28 heavy (non-hydrogen) atoms. The summed E-state index contributed by atoms with van der Waals surface area (Å²) in [6, 6.07) is 8.37. The Labute approximate surface area is 167 Å². The topological polar surface area (TPSA) is 88.5 Å². The first-order valence-electron chi connectivity index (χ1n) is 8.71. The Kier molecular flexibility index (Phi) is 6.08. The number of phenolic OH excluding ortho intramolecular Hbond substituents is 2. The van der Waals surface area contributed by atoms with Crippen LogP contribution in [0.25, 0.3) is 0 Å². The van der Waals surface area contributed by atoms with Gasteiger partial charge in [0.05, 0.1) is 27.1 Å². The minimum absolute atomic E-state index is 0.0369. The zero-order valence-electron chi connectivity index (χ0n) is 16.0. The van der Waals surface area contributed by atoms with Gasteiger partial charge in [-0.1, -0.05) is 6.07 Å². The van der Waals surface area contributed by atoms with Gasteiger partial charge in [0.2, 0.25) is 11.7 Å². The van der Waals surface area contributed by atoms with Crippen molar-refractivity contribution in [1.29, 1.82) is 0 Å². The van der Waals surface area contributed by atoms with Crippen LogP contribution in [0.5, 0.6) is 28.7 Å². The lowest BCUT2D eigenvalue weighted by molar-refractivity contribution is -0.128. The fourth-order valence-corrected chi connectivity index (χ4v) is 4.48. The van der Waals surface area contributed by atoms with E-state index in [0.717, 1.165) is 11.1 Å². The van der Waals surface area contributed by atoms with E-state index < -0.39 is 0 Å². The smallest absolute Gasteiger partial charge is 0.233 e. The minimum Gasteiger partial charge on any atom is -0.504 e. The number of methoxy groups -OCH3 is 3. The monoisotopic (exact) mass is 405 g/mol. The van der Waals surface area contributed by atoms with Crippen molar-refractivity contribution in [1.82, 2.24) is 4.90 Å². The predicted octanol–water partition coefficient (Wildman–Crippen LogP) is 2.94. The summed E-state index contributed by atoms with van der Waals surface area (Å²) < 4.78 is 16.4. The van der Waals surface area contributed by atoms with E-state index in [4.69, 9.17) is 14.2 Å². The summed E-state index contributed by atoms with van der Waals surface area (Å²) in [4.78, 5) is 14.3. The third kappa shape index (κ3) is 3.77. The standard InChI is InChI=1S/C20H23NO6S/c1-25-16-7-5-13(18(26-2)19(16)27-3)20-21(17(24)11-28-20)9-8-12-4-6-14(22)15(23)10-12/h4-7,10,20,22-23H,8-9,11H2,1-3H3. The highest BCUT2D eigenvalue weighted by atomic mass is 32.2. The maximum atomic E-state index is 12.5. The SMILES string of the molecule is COc1ccc(C2SCC(=O)N2CCc2ccc(O)c(O)c2)c(OC)c1OC. The Morgan fingerprint density at radius 2 is 1.79 bits per heavy atom. The molecule has 1 aliphatic rings. The van der Waals surface area contributed by atoms with Crippen LogP contribution in [0.15, 0.2) is 30.3 Å². The number of ether oxygens (including phenoxy) is 3. The largest absolute Gasteiger partial charge is 0.504 e. The quantitative estimate of drug-likeness (QED) is 0.685. The molecule has 0 bridgehead atoms. The van der Waals surface area contributed by atoms with E-state index in [0.29, 0.717) is 36.0 Å². The summed E-state index contributed by atoms with van der Waals surface area (Å²) in [5.41, 5.74) is 1.67. The fraction of sp³-hybridized carbons (Fsp3) is 0.350. The van der Waals surface area contributed by atoms with Gasteiger partial charge >= 0.3 is 0 Å². The van der Waals surface area contributed by atoms with Crippen LogP contribution in [0, 0.1) is 0 Å². The van der Waals surface area contributed by atoms with Crippen LogP contribution < -0.4 is 14.2 Å². The van der Waals surface area contributed by atoms with Crippen molar-refractivity contribution in [2.24, 2.45) is 0 Å². The number of benzene rings is 2. The molecule has 2 aromatic carbocycles. The van der Waals surface area contributed by atoms with Crippen LogP contribution in [0.2, 0.25) is 0 Å². The molecule has 8 heteroatoms. The van der Waals surface area contributed by atoms with Gasteiger partial charge in [-0.25, -0.2) is 0 Å². The van der Waals surface area contributed by atoms with Gasteiger partial charge in [-0.15, -0.1) is 11.8 Å². The first-order valence-corrected chi connectivity index (χ1v) is 9.75. The zero-order chi connectivity index (χ0) is 20.3. The van der Waals surface area contributed by atoms with E-state index in [9.17, 15) is 15.0 Å². The summed E-state index contributed by atoms with van der Waals surface area (Å²) in [5.74, 6) is 1.68. The zero-order valence-corrected chi connectivity index (χ0v) is 16.8. The number of aromatic hydroxyl groups is 2. The molecule has 2 aromatic rings. The molecule has 0 saturated carbocycles. The van der Waals surface area contributed by atoms with Crippen molar-refractivity contribution in [3.05, 3.63) is 41.5 Å². The molecule has 150 valence electrons. The second-order valence-corrected chi connectivity index (χ2v) is 7.32. The highest BCUT2D eigenvalue weighted by Gasteiger charge is 2.35. The number of phenols is 2. The van der Waals surface area contributed by atoms with Crippen molar-refractivity contribution in [3.8, 4) is 28.7 Å². The Morgan fingerprint density at radius 1 is 1.04 bits per heavy atom. The lowest BCUT2D eigenvalue weighted by atomic mass is 10.1. The molecule has 1 fully saturated rings. The summed E-state index contributed by atoms with van der Waals surface area (Å²) in [5, 5.41) is 18.9. The molecule has 2 N–H and O–H groups in total. The second-order valence-electron chi connectivity index (χ2n) is 6.25. The van der Waals surface area contributed by atoms with Crippen LogP contribution in [-0.4, -0.2) is 54.6 Å². The second kappa shape index (κ2) is 8.52. The summed E-state index contributed by atoms with van der Waals surface area (Å²) >= 11 is 1.53. The van der Waals surface area contributed by atoms with Crippen LogP contribution in [0.4, 0.5) is 0 Å². The molecular formula is C20H23NO6S. The number of carbonyl (C=O) groups is 1. The number of hydrogen-bond donors (Lipinski definition) is 2. The number of thioether (sulfide) groups is 1. The lowest BCUT2D eigenvalue weighted by Crippen LogP contribution is -2.30. The molecule has 1 saturated heterocycles. The molecule has 1 amide bonds. The number of rotatable bonds is 7. The summed E-state index contributed by atoms with van der Waals surface area (Å²) in [6.07, 6.45) is 0.548. The maximum Gasteiger partial charge on any atom is 0.233 e. The molecule has 0 aromatic heterocycles. The highest BCUT2D eigenvalue weighted by molar-refractivity contribution is 8.00. The van der Waals surface area contributed by atoms with E-state index in [2.05, 4.69) is 0 Å². The van der Waals surface area contributed by atoms with Crippen LogP contribution in [0.3, 0.4) is 0 Å². The molecule has 1 atom stereocenters. The first kappa shape index (κ1) is 20.0. The molecule has 0 spiro atoms. The average molecular weight is 405 g/mol. The van der Waals surface area contributed by atoms with E-state index in [1.54, 1.807) is 38.4 Å². The molecule has 1 heterocycles.